The molecule has 1 amide bonds. The number of nitrogens with zero attached hydrogens (tertiary/aromatic N) is 2. The van der Waals surface area contributed by atoms with Gasteiger partial charge in [-0.15, -0.1) is 0 Å². The van der Waals surface area contributed by atoms with Crippen LogP contribution in [-0.4, -0.2) is 22.2 Å². The molecule has 1 atom stereocenters. The van der Waals surface area contributed by atoms with Crippen molar-refractivity contribution in [1.82, 2.24) is 15.1 Å². The molecular formula is C9H16N4O. The Balaban J connectivity index is 2.41. The van der Waals surface area contributed by atoms with Gasteiger partial charge in [0, 0.05) is 25.7 Å². The molecule has 0 aliphatic carbocycles. The van der Waals surface area contributed by atoms with Gasteiger partial charge in [0.2, 0.25) is 5.91 Å². The number of nitrogens with one attached hydrogen (secondary N) is 1. The lowest BCUT2D eigenvalue weighted by molar-refractivity contribution is -0.124. The van der Waals surface area contributed by atoms with Crippen molar-refractivity contribution in [3.05, 3.63) is 18.0 Å². The summed E-state index contributed by atoms with van der Waals surface area (Å²) in [6.45, 7) is 2.68. The quantitative estimate of drug-likeness (QED) is 0.690. The minimum absolute atomic E-state index is 0.0197. The topological polar surface area (TPSA) is 72.9 Å². The zero-order valence-corrected chi connectivity index (χ0v) is 8.53. The number of carbonyl (C=O) groups excluding carboxylic acids is 1. The van der Waals surface area contributed by atoms with Crippen LogP contribution in [0.4, 0.5) is 0 Å². The van der Waals surface area contributed by atoms with Crippen LogP contribution in [0.2, 0.25) is 0 Å². The van der Waals surface area contributed by atoms with Crippen molar-refractivity contribution in [2.24, 2.45) is 18.7 Å². The second-order valence-electron chi connectivity index (χ2n) is 3.30. The van der Waals surface area contributed by atoms with E-state index in [0.29, 0.717) is 13.1 Å². The molecule has 0 saturated heterocycles. The molecule has 3 N–H and O–H groups in total. The lowest BCUT2D eigenvalue weighted by Crippen LogP contribution is -2.33. The molecule has 0 bridgehead atoms. The first-order chi connectivity index (χ1) is 6.65. The van der Waals surface area contributed by atoms with E-state index in [-0.39, 0.29) is 11.8 Å². The second-order valence-corrected chi connectivity index (χ2v) is 3.30. The van der Waals surface area contributed by atoms with Crippen LogP contribution in [0.1, 0.15) is 12.6 Å². The lowest BCUT2D eigenvalue weighted by Gasteiger charge is -2.09. The molecule has 0 saturated carbocycles. The van der Waals surface area contributed by atoms with Crippen molar-refractivity contribution in [2.75, 3.05) is 6.54 Å². The van der Waals surface area contributed by atoms with E-state index >= 15 is 0 Å². The van der Waals surface area contributed by atoms with Crippen LogP contribution in [0.25, 0.3) is 0 Å². The summed E-state index contributed by atoms with van der Waals surface area (Å²) in [5.41, 5.74) is 6.35. The molecule has 78 valence electrons. The average molecular weight is 196 g/mol. The largest absolute Gasteiger partial charge is 0.350 e. The molecule has 0 fully saturated rings. The number of amides is 1. The van der Waals surface area contributed by atoms with Gasteiger partial charge in [-0.25, -0.2) is 0 Å². The highest BCUT2D eigenvalue weighted by Gasteiger charge is 2.10. The van der Waals surface area contributed by atoms with Gasteiger partial charge in [0.05, 0.1) is 12.2 Å². The van der Waals surface area contributed by atoms with E-state index in [1.54, 1.807) is 17.8 Å². The summed E-state index contributed by atoms with van der Waals surface area (Å²) in [5, 5.41) is 6.80. The van der Waals surface area contributed by atoms with Gasteiger partial charge in [-0.3, -0.25) is 9.48 Å². The second kappa shape index (κ2) is 4.76. The van der Waals surface area contributed by atoms with Crippen molar-refractivity contribution in [1.29, 1.82) is 0 Å². The van der Waals surface area contributed by atoms with E-state index < -0.39 is 0 Å². The van der Waals surface area contributed by atoms with Gasteiger partial charge in [-0.2, -0.15) is 5.10 Å². The van der Waals surface area contributed by atoms with Crippen LogP contribution in [-0.2, 0) is 18.4 Å². The Hall–Kier alpha value is -1.36. The Morgan fingerprint density at radius 1 is 1.79 bits per heavy atom. The van der Waals surface area contributed by atoms with Gasteiger partial charge in [-0.1, -0.05) is 6.92 Å². The van der Waals surface area contributed by atoms with Gasteiger partial charge in [-0.05, 0) is 6.07 Å². The van der Waals surface area contributed by atoms with Crippen LogP contribution in [0, 0.1) is 5.92 Å². The number of hydrogen-bond donors (Lipinski definition) is 2. The minimum atomic E-state index is -0.136. The van der Waals surface area contributed by atoms with Crippen molar-refractivity contribution >= 4 is 5.91 Å². The van der Waals surface area contributed by atoms with Crippen molar-refractivity contribution < 1.29 is 4.79 Å². The molecule has 1 aromatic heterocycles. The van der Waals surface area contributed by atoms with Crippen LogP contribution in [0.3, 0.4) is 0 Å². The monoisotopic (exact) mass is 196 g/mol. The van der Waals surface area contributed by atoms with Crippen molar-refractivity contribution in [3.63, 3.8) is 0 Å². The van der Waals surface area contributed by atoms with E-state index in [2.05, 4.69) is 10.4 Å². The molecule has 0 aliphatic heterocycles. The van der Waals surface area contributed by atoms with Gasteiger partial charge in [0.25, 0.3) is 0 Å². The van der Waals surface area contributed by atoms with E-state index in [1.165, 1.54) is 0 Å². The first-order valence-electron chi connectivity index (χ1n) is 4.59. The van der Waals surface area contributed by atoms with Gasteiger partial charge in [0.15, 0.2) is 0 Å². The van der Waals surface area contributed by atoms with Crippen molar-refractivity contribution in [3.8, 4) is 0 Å². The number of aryl methyl sites for hydroxylation is 1. The molecule has 0 aliphatic rings. The minimum Gasteiger partial charge on any atom is -0.350 e. The zero-order valence-electron chi connectivity index (χ0n) is 8.53. The highest BCUT2D eigenvalue weighted by molar-refractivity contribution is 5.78. The average Bonchev–Trinajstić information content (AvgIpc) is 2.59. The molecule has 1 aromatic rings. The summed E-state index contributed by atoms with van der Waals surface area (Å²) in [6.07, 6.45) is 1.70. The number of nitrogens with two attached hydrogens (primary N) is 1. The summed E-state index contributed by atoms with van der Waals surface area (Å²) in [6, 6.07) is 1.87. The molecule has 1 rings (SSSR count). The number of aromatic nitrogens is 2. The number of rotatable bonds is 4. The molecule has 1 unspecified atom stereocenters. The van der Waals surface area contributed by atoms with Gasteiger partial charge in [0.1, 0.15) is 0 Å². The maximum Gasteiger partial charge on any atom is 0.224 e. The van der Waals surface area contributed by atoms with Crippen molar-refractivity contribution in [2.45, 2.75) is 13.5 Å². The highest BCUT2D eigenvalue weighted by atomic mass is 16.1. The molecule has 0 radical (unpaired) electrons. The fourth-order valence-corrected chi connectivity index (χ4v) is 1.03. The molecule has 5 heteroatoms. The Kier molecular flexibility index (Phi) is 3.64. The van der Waals surface area contributed by atoms with Gasteiger partial charge < -0.3 is 11.1 Å². The Bertz CT molecular complexity index is 308. The van der Waals surface area contributed by atoms with Crippen LogP contribution in [0.15, 0.2) is 12.3 Å². The molecule has 5 nitrogen and oxygen atoms in total. The van der Waals surface area contributed by atoms with E-state index in [0.717, 1.165) is 5.69 Å². The fraction of sp³-hybridized carbons (Fsp3) is 0.556. The Labute approximate surface area is 83.3 Å². The lowest BCUT2D eigenvalue weighted by atomic mass is 10.2. The molecule has 0 aromatic carbocycles. The third kappa shape index (κ3) is 2.56. The summed E-state index contributed by atoms with van der Waals surface area (Å²) in [7, 11) is 1.84. The SMILES string of the molecule is CC(CN)C(=O)NCc1ccnn1C. The van der Waals surface area contributed by atoms with Crippen LogP contribution >= 0.6 is 0 Å². The van der Waals surface area contributed by atoms with Crippen LogP contribution < -0.4 is 11.1 Å². The highest BCUT2D eigenvalue weighted by Crippen LogP contribution is 1.97. The summed E-state index contributed by atoms with van der Waals surface area (Å²) >= 11 is 0. The normalized spacial score (nSPS) is 12.5. The molecule has 1 heterocycles. The summed E-state index contributed by atoms with van der Waals surface area (Å²) < 4.78 is 1.73. The number of carbonyl (C=O) groups is 1. The zero-order chi connectivity index (χ0) is 10.6. The first-order valence-corrected chi connectivity index (χ1v) is 4.59. The van der Waals surface area contributed by atoms with Crippen LogP contribution in [0.5, 0.6) is 0 Å². The smallest absolute Gasteiger partial charge is 0.224 e. The van der Waals surface area contributed by atoms with E-state index in [9.17, 15) is 4.79 Å². The Morgan fingerprint density at radius 3 is 3.00 bits per heavy atom. The molecular weight excluding hydrogens is 180 g/mol. The Morgan fingerprint density at radius 2 is 2.50 bits per heavy atom. The maximum absolute atomic E-state index is 11.4. The predicted molar refractivity (Wildman–Crippen MR) is 53.3 cm³/mol. The molecule has 0 spiro atoms. The fourth-order valence-electron chi connectivity index (χ4n) is 1.03. The maximum atomic E-state index is 11.4. The predicted octanol–water partition coefficient (Wildman–Crippen LogP) is -0.369. The molecule has 14 heavy (non-hydrogen) atoms. The standard InChI is InChI=1S/C9H16N4O/c1-7(5-10)9(14)11-6-8-3-4-12-13(8)2/h3-4,7H,5-6,10H2,1-2H3,(H,11,14). The van der Waals surface area contributed by atoms with Gasteiger partial charge >= 0.3 is 0 Å². The number of hydrogen-bond acceptors (Lipinski definition) is 3. The summed E-state index contributed by atoms with van der Waals surface area (Å²) in [5.74, 6) is -0.156. The van der Waals surface area contributed by atoms with E-state index in [4.69, 9.17) is 5.73 Å². The third-order valence-electron chi connectivity index (χ3n) is 2.17. The third-order valence-corrected chi connectivity index (χ3v) is 2.17. The van der Waals surface area contributed by atoms with E-state index in [1.807, 2.05) is 13.1 Å². The summed E-state index contributed by atoms with van der Waals surface area (Å²) in [4.78, 5) is 11.4. The first kappa shape index (κ1) is 10.7.